The molecule has 1 fully saturated rings. The lowest BCUT2D eigenvalue weighted by Gasteiger charge is -2.29. The smallest absolute Gasteiger partial charge is 0.140 e. The van der Waals surface area contributed by atoms with E-state index in [0.29, 0.717) is 6.61 Å². The van der Waals surface area contributed by atoms with Crippen LogP contribution < -0.4 is 15.0 Å². The largest absolute Gasteiger partial charge is 0.486 e. The Morgan fingerprint density at radius 2 is 2.14 bits per heavy atom. The number of hydrogen-bond acceptors (Lipinski definition) is 5. The fraction of sp³-hybridized carbons (Fsp3) is 0.375. The molecule has 0 atom stereocenters. The molecule has 0 radical (unpaired) electrons. The molecule has 0 unspecified atom stereocenters. The van der Waals surface area contributed by atoms with Crippen LogP contribution >= 0.6 is 0 Å². The molecule has 3 heterocycles. The summed E-state index contributed by atoms with van der Waals surface area (Å²) in [5.74, 6) is 0.788. The van der Waals surface area contributed by atoms with E-state index in [-0.39, 0.29) is 0 Å². The number of nitrogens with zero attached hydrogens (tertiary/aromatic N) is 3. The lowest BCUT2D eigenvalue weighted by molar-refractivity contribution is 0.299. The molecule has 21 heavy (non-hydrogen) atoms. The highest BCUT2D eigenvalue weighted by Gasteiger charge is 2.11. The van der Waals surface area contributed by atoms with E-state index in [9.17, 15) is 0 Å². The molecule has 0 aliphatic carbocycles. The molecule has 2 aromatic heterocycles. The van der Waals surface area contributed by atoms with Crippen molar-refractivity contribution in [2.24, 2.45) is 0 Å². The third-order valence-electron chi connectivity index (χ3n) is 3.67. The molecule has 0 bridgehead atoms. The van der Waals surface area contributed by atoms with Gasteiger partial charge >= 0.3 is 0 Å². The van der Waals surface area contributed by atoms with Crippen LogP contribution in [0, 0.1) is 6.92 Å². The van der Waals surface area contributed by atoms with E-state index in [1.54, 1.807) is 12.4 Å². The summed E-state index contributed by atoms with van der Waals surface area (Å²) in [5, 5.41) is 3.35. The molecule has 1 aliphatic rings. The number of aromatic nitrogens is 2. The van der Waals surface area contributed by atoms with E-state index < -0.39 is 0 Å². The number of hydrogen-bond donors (Lipinski definition) is 1. The summed E-state index contributed by atoms with van der Waals surface area (Å²) in [6.45, 7) is 6.55. The molecular formula is C16H20N4O. The quantitative estimate of drug-likeness (QED) is 0.927. The molecular weight excluding hydrogens is 264 g/mol. The first-order valence-corrected chi connectivity index (χ1v) is 7.27. The zero-order chi connectivity index (χ0) is 14.5. The maximum Gasteiger partial charge on any atom is 0.140 e. The predicted octanol–water partition coefficient (Wildman–Crippen LogP) is 1.77. The number of pyridine rings is 2. The Morgan fingerprint density at radius 3 is 2.95 bits per heavy atom. The van der Waals surface area contributed by atoms with Crippen LogP contribution in [0.5, 0.6) is 5.75 Å². The average molecular weight is 284 g/mol. The van der Waals surface area contributed by atoms with Gasteiger partial charge < -0.3 is 15.0 Å². The second-order valence-electron chi connectivity index (χ2n) is 5.17. The van der Waals surface area contributed by atoms with Gasteiger partial charge in [0.2, 0.25) is 0 Å². The van der Waals surface area contributed by atoms with Gasteiger partial charge in [-0.3, -0.25) is 9.97 Å². The van der Waals surface area contributed by atoms with Gasteiger partial charge in [-0.1, -0.05) is 6.07 Å². The first-order valence-electron chi connectivity index (χ1n) is 7.27. The Labute approximate surface area is 125 Å². The highest BCUT2D eigenvalue weighted by molar-refractivity contribution is 5.48. The molecule has 2 aromatic rings. The maximum atomic E-state index is 5.84. The van der Waals surface area contributed by atoms with Gasteiger partial charge in [0.15, 0.2) is 0 Å². The van der Waals surface area contributed by atoms with Crippen molar-refractivity contribution in [3.63, 3.8) is 0 Å². The third kappa shape index (κ3) is 3.49. The van der Waals surface area contributed by atoms with Gasteiger partial charge in [-0.2, -0.15) is 0 Å². The Bertz CT molecular complexity index is 596. The summed E-state index contributed by atoms with van der Waals surface area (Å²) in [7, 11) is 0. The van der Waals surface area contributed by atoms with Gasteiger partial charge in [-0.05, 0) is 18.6 Å². The van der Waals surface area contributed by atoms with E-state index in [1.807, 2.05) is 25.3 Å². The van der Waals surface area contributed by atoms with Gasteiger partial charge in [0.25, 0.3) is 0 Å². The second kappa shape index (κ2) is 6.54. The summed E-state index contributed by atoms with van der Waals surface area (Å²) < 4.78 is 5.84. The number of nitrogens with one attached hydrogen (secondary N) is 1. The number of ether oxygens (including phenoxy) is 1. The van der Waals surface area contributed by atoms with Gasteiger partial charge in [0, 0.05) is 38.4 Å². The summed E-state index contributed by atoms with van der Waals surface area (Å²) in [5.41, 5.74) is 3.22. The highest BCUT2D eigenvalue weighted by Crippen LogP contribution is 2.20. The minimum absolute atomic E-state index is 0.472. The molecule has 0 amide bonds. The molecule has 110 valence electrons. The van der Waals surface area contributed by atoms with Gasteiger partial charge in [0.1, 0.15) is 12.4 Å². The lowest BCUT2D eigenvalue weighted by atomic mass is 10.2. The van der Waals surface area contributed by atoms with Crippen LogP contribution in [-0.4, -0.2) is 36.1 Å². The summed E-state index contributed by atoms with van der Waals surface area (Å²) >= 11 is 0. The van der Waals surface area contributed by atoms with Crippen molar-refractivity contribution in [1.82, 2.24) is 15.3 Å². The molecule has 0 spiro atoms. The molecule has 5 heteroatoms. The first-order chi connectivity index (χ1) is 10.3. The van der Waals surface area contributed by atoms with Crippen molar-refractivity contribution in [1.29, 1.82) is 0 Å². The zero-order valence-electron chi connectivity index (χ0n) is 12.2. The monoisotopic (exact) mass is 284 g/mol. The predicted molar refractivity (Wildman–Crippen MR) is 82.6 cm³/mol. The molecule has 0 aromatic carbocycles. The summed E-state index contributed by atoms with van der Waals surface area (Å²) in [6.07, 6.45) is 5.44. The summed E-state index contributed by atoms with van der Waals surface area (Å²) in [4.78, 5) is 11.0. The standard InChI is InChI=1S/C16H20N4O/c1-13-3-2-4-19-16(13)12-21-15-9-14(10-18-11-15)20-7-5-17-6-8-20/h2-4,9-11,17H,5-8,12H2,1H3. The van der Waals surface area contributed by atoms with Crippen LogP contribution in [0.2, 0.25) is 0 Å². The molecule has 3 rings (SSSR count). The normalized spacial score (nSPS) is 15.0. The Balaban J connectivity index is 1.67. The zero-order valence-corrected chi connectivity index (χ0v) is 12.2. The fourth-order valence-corrected chi connectivity index (χ4v) is 2.40. The van der Waals surface area contributed by atoms with Crippen molar-refractivity contribution in [2.45, 2.75) is 13.5 Å². The van der Waals surface area contributed by atoms with E-state index in [2.05, 4.69) is 26.3 Å². The Morgan fingerprint density at radius 1 is 1.29 bits per heavy atom. The van der Waals surface area contributed by atoms with Crippen LogP contribution in [0.25, 0.3) is 0 Å². The molecule has 5 nitrogen and oxygen atoms in total. The Kier molecular flexibility index (Phi) is 4.31. The number of piperazine rings is 1. The van der Waals surface area contributed by atoms with Gasteiger partial charge in [-0.25, -0.2) is 0 Å². The molecule has 1 saturated heterocycles. The van der Waals surface area contributed by atoms with Crippen LogP contribution in [0.4, 0.5) is 5.69 Å². The first kappa shape index (κ1) is 13.8. The van der Waals surface area contributed by atoms with Crippen LogP contribution in [0.15, 0.2) is 36.8 Å². The SMILES string of the molecule is Cc1cccnc1COc1cncc(N2CCNCC2)c1. The van der Waals surface area contributed by atoms with Crippen molar-refractivity contribution in [3.8, 4) is 5.75 Å². The summed E-state index contributed by atoms with van der Waals surface area (Å²) in [6, 6.07) is 6.03. The topological polar surface area (TPSA) is 50.3 Å². The van der Waals surface area contributed by atoms with Crippen LogP contribution in [0.3, 0.4) is 0 Å². The number of anilines is 1. The van der Waals surface area contributed by atoms with E-state index >= 15 is 0 Å². The minimum atomic E-state index is 0.472. The van der Waals surface area contributed by atoms with Crippen molar-refractivity contribution < 1.29 is 4.74 Å². The van der Waals surface area contributed by atoms with Gasteiger partial charge in [0.05, 0.1) is 23.8 Å². The van der Waals surface area contributed by atoms with Crippen LogP contribution in [-0.2, 0) is 6.61 Å². The number of aryl methyl sites for hydroxylation is 1. The van der Waals surface area contributed by atoms with E-state index in [0.717, 1.165) is 48.9 Å². The average Bonchev–Trinajstić information content (AvgIpc) is 2.55. The van der Waals surface area contributed by atoms with Crippen molar-refractivity contribution in [3.05, 3.63) is 48.0 Å². The highest BCUT2D eigenvalue weighted by atomic mass is 16.5. The maximum absolute atomic E-state index is 5.84. The van der Waals surface area contributed by atoms with Gasteiger partial charge in [-0.15, -0.1) is 0 Å². The molecule has 1 aliphatic heterocycles. The van der Waals surface area contributed by atoms with Crippen molar-refractivity contribution >= 4 is 5.69 Å². The van der Waals surface area contributed by atoms with E-state index in [1.165, 1.54) is 0 Å². The fourth-order valence-electron chi connectivity index (χ4n) is 2.40. The molecule has 0 saturated carbocycles. The van der Waals surface area contributed by atoms with E-state index in [4.69, 9.17) is 4.74 Å². The second-order valence-corrected chi connectivity index (χ2v) is 5.17. The Hall–Kier alpha value is -2.14. The third-order valence-corrected chi connectivity index (χ3v) is 3.67. The minimum Gasteiger partial charge on any atom is -0.486 e. The lowest BCUT2D eigenvalue weighted by Crippen LogP contribution is -2.43. The molecule has 1 N–H and O–H groups in total. The van der Waals surface area contributed by atoms with Crippen LogP contribution in [0.1, 0.15) is 11.3 Å². The number of rotatable bonds is 4. The van der Waals surface area contributed by atoms with Crippen molar-refractivity contribution in [2.75, 3.05) is 31.1 Å².